The molecule has 0 saturated heterocycles. The van der Waals surface area contributed by atoms with Crippen molar-refractivity contribution in [2.45, 2.75) is 105 Å². The minimum Gasteiger partial charge on any atom is -0.192 e. The second-order valence-electron chi connectivity index (χ2n) is 14.8. The van der Waals surface area contributed by atoms with Gasteiger partial charge in [0.05, 0.1) is 11.6 Å². The van der Waals surface area contributed by atoms with Crippen molar-refractivity contribution in [3.8, 4) is 6.07 Å². The van der Waals surface area contributed by atoms with Gasteiger partial charge in [0.25, 0.3) is 0 Å². The normalized spacial score (nSPS) is 37.4. The minimum atomic E-state index is 0.396. The first kappa shape index (κ1) is 25.5. The highest BCUT2D eigenvalue weighted by atomic mass is 14.6. The molecule has 0 heterocycles. The number of rotatable bonds is 5. The van der Waals surface area contributed by atoms with Gasteiger partial charge >= 0.3 is 0 Å². The van der Waals surface area contributed by atoms with E-state index in [4.69, 9.17) is 0 Å². The number of hydrogen-bond donors (Lipinski definition) is 0. The summed E-state index contributed by atoms with van der Waals surface area (Å²) in [5.41, 5.74) is 4.90. The summed E-state index contributed by atoms with van der Waals surface area (Å²) >= 11 is 0. The van der Waals surface area contributed by atoms with Crippen LogP contribution in [0.2, 0.25) is 0 Å². The lowest BCUT2D eigenvalue weighted by Gasteiger charge is -2.61. The van der Waals surface area contributed by atoms with Crippen LogP contribution in [-0.4, -0.2) is 0 Å². The number of benzene rings is 2. The van der Waals surface area contributed by atoms with Gasteiger partial charge in [-0.3, -0.25) is 0 Å². The fourth-order valence-corrected chi connectivity index (χ4v) is 10.8. The third-order valence-corrected chi connectivity index (χ3v) is 12.7. The van der Waals surface area contributed by atoms with Crippen molar-refractivity contribution >= 4 is 10.8 Å². The Morgan fingerprint density at radius 2 is 1.68 bits per heavy atom. The molecule has 1 heteroatoms. The fraction of sp³-hybridized carbons (Fsp3) is 0.694. The van der Waals surface area contributed by atoms with Crippen molar-refractivity contribution < 1.29 is 0 Å². The van der Waals surface area contributed by atoms with Crippen molar-refractivity contribution in [1.29, 1.82) is 5.26 Å². The molecular weight excluding hydrogens is 446 g/mol. The van der Waals surface area contributed by atoms with Gasteiger partial charge in [-0.15, -0.1) is 0 Å². The third-order valence-electron chi connectivity index (χ3n) is 12.7. The molecule has 0 unspecified atom stereocenters. The topological polar surface area (TPSA) is 23.8 Å². The number of nitrogens with zero attached hydrogens (tertiary/aromatic N) is 1. The van der Waals surface area contributed by atoms with Crippen molar-refractivity contribution in [3.05, 3.63) is 47.0 Å². The van der Waals surface area contributed by atoms with E-state index in [2.05, 4.69) is 71.0 Å². The van der Waals surface area contributed by atoms with E-state index in [1.165, 1.54) is 81.6 Å². The van der Waals surface area contributed by atoms with Crippen LogP contribution in [0.3, 0.4) is 0 Å². The average molecular weight is 496 g/mol. The van der Waals surface area contributed by atoms with Crippen molar-refractivity contribution in [1.82, 2.24) is 0 Å². The Balaban J connectivity index is 1.26. The lowest BCUT2D eigenvalue weighted by molar-refractivity contribution is -0.103. The summed E-state index contributed by atoms with van der Waals surface area (Å²) < 4.78 is 0. The summed E-state index contributed by atoms with van der Waals surface area (Å²) in [5, 5.41) is 12.5. The Hall–Kier alpha value is -1.81. The molecule has 4 aliphatic rings. The maximum atomic E-state index is 9.95. The summed E-state index contributed by atoms with van der Waals surface area (Å²) in [6.07, 6.45) is 15.4. The van der Waals surface area contributed by atoms with E-state index < -0.39 is 0 Å². The van der Waals surface area contributed by atoms with Gasteiger partial charge in [0.15, 0.2) is 0 Å². The molecule has 2 aromatic rings. The molecule has 37 heavy (non-hydrogen) atoms. The first-order valence-electron chi connectivity index (χ1n) is 15.7. The summed E-state index contributed by atoms with van der Waals surface area (Å²) in [6.45, 7) is 12.7. The molecule has 0 spiro atoms. The van der Waals surface area contributed by atoms with Crippen LogP contribution in [0.1, 0.15) is 109 Å². The molecule has 1 nitrogen and oxygen atoms in total. The SMILES string of the molecule is CC(C)CCC[C@@H](C)[C@H]1CC[C@H]2[C@@H]3CC[C@H]4Cc5c(cc(C#N)c6ccccc56)C[C@]4(C)[C@H]3CC[C@]12C. The van der Waals surface area contributed by atoms with E-state index in [0.29, 0.717) is 10.8 Å². The van der Waals surface area contributed by atoms with Crippen molar-refractivity contribution in [2.75, 3.05) is 0 Å². The van der Waals surface area contributed by atoms with Crippen LogP contribution < -0.4 is 0 Å². The Morgan fingerprint density at radius 1 is 0.919 bits per heavy atom. The van der Waals surface area contributed by atoms with E-state index in [9.17, 15) is 5.26 Å². The van der Waals surface area contributed by atoms with Crippen LogP contribution in [0.4, 0.5) is 0 Å². The number of nitriles is 1. The molecule has 3 saturated carbocycles. The highest BCUT2D eigenvalue weighted by Crippen LogP contribution is 2.68. The van der Waals surface area contributed by atoms with Gasteiger partial charge in [0, 0.05) is 0 Å². The highest BCUT2D eigenvalue weighted by molar-refractivity contribution is 5.92. The number of hydrogen-bond acceptors (Lipinski definition) is 1. The third kappa shape index (κ3) is 3.99. The summed E-state index contributed by atoms with van der Waals surface area (Å²) in [4.78, 5) is 0. The van der Waals surface area contributed by atoms with Gasteiger partial charge in [0.1, 0.15) is 0 Å². The zero-order chi connectivity index (χ0) is 25.9. The van der Waals surface area contributed by atoms with Crippen LogP contribution in [0.15, 0.2) is 30.3 Å². The molecule has 3 fully saturated rings. The largest absolute Gasteiger partial charge is 0.192 e. The van der Waals surface area contributed by atoms with Crippen LogP contribution in [0.5, 0.6) is 0 Å². The summed E-state index contributed by atoms with van der Waals surface area (Å²) in [7, 11) is 0. The standard InChI is InChI=1S/C36H49N/c1-23(2)9-8-10-24(3)32-15-16-33-30-14-13-27-20-31-25(19-26(22-37)28-11-6-7-12-29(28)31)21-36(27,5)34(30)17-18-35(32,33)4/h6-7,11-12,19,23-24,27,30,32-34H,8-10,13-18,20-21H2,1-5H3/t24-,27+,30+,32-,33+,34+,35-,36+/m1/s1. The second-order valence-corrected chi connectivity index (χ2v) is 14.8. The molecule has 0 N–H and O–H groups in total. The fourth-order valence-electron chi connectivity index (χ4n) is 10.8. The summed E-state index contributed by atoms with van der Waals surface area (Å²) in [5.74, 6) is 6.19. The zero-order valence-electron chi connectivity index (χ0n) is 24.2. The van der Waals surface area contributed by atoms with E-state index in [1.807, 2.05) is 0 Å². The van der Waals surface area contributed by atoms with Crippen molar-refractivity contribution in [3.63, 3.8) is 0 Å². The molecule has 0 aromatic heterocycles. The Morgan fingerprint density at radius 3 is 2.43 bits per heavy atom. The Labute approximate surface area is 226 Å². The van der Waals surface area contributed by atoms with Gasteiger partial charge in [-0.1, -0.05) is 78.1 Å². The van der Waals surface area contributed by atoms with Crippen LogP contribution in [0, 0.1) is 63.6 Å². The van der Waals surface area contributed by atoms with E-state index >= 15 is 0 Å². The first-order chi connectivity index (χ1) is 17.8. The minimum absolute atomic E-state index is 0.396. The van der Waals surface area contributed by atoms with Crippen molar-refractivity contribution in [2.24, 2.45) is 52.3 Å². The lowest BCUT2D eigenvalue weighted by atomic mass is 9.44. The molecule has 8 atom stereocenters. The molecule has 0 bridgehead atoms. The molecule has 4 aliphatic carbocycles. The van der Waals surface area contributed by atoms with Gasteiger partial charge < -0.3 is 0 Å². The van der Waals surface area contributed by atoms with Gasteiger partial charge in [-0.25, -0.2) is 0 Å². The van der Waals surface area contributed by atoms with E-state index in [-0.39, 0.29) is 0 Å². The van der Waals surface area contributed by atoms with Crippen LogP contribution in [-0.2, 0) is 12.8 Å². The molecule has 198 valence electrons. The Bertz CT molecular complexity index is 1200. The van der Waals surface area contributed by atoms with Gasteiger partial charge in [-0.05, 0) is 132 Å². The number of fused-ring (bicyclic) bond motifs is 8. The molecule has 6 rings (SSSR count). The molecule has 2 aromatic carbocycles. The van der Waals surface area contributed by atoms with E-state index in [0.717, 1.165) is 52.4 Å². The maximum absolute atomic E-state index is 9.95. The zero-order valence-corrected chi connectivity index (χ0v) is 24.2. The highest BCUT2D eigenvalue weighted by Gasteiger charge is 2.60. The predicted molar refractivity (Wildman–Crippen MR) is 155 cm³/mol. The van der Waals surface area contributed by atoms with Gasteiger partial charge in [0.2, 0.25) is 0 Å². The lowest BCUT2D eigenvalue weighted by Crippen LogP contribution is -2.54. The average Bonchev–Trinajstić information content (AvgIpc) is 3.24. The predicted octanol–water partition coefficient (Wildman–Crippen LogP) is 9.75. The quantitative estimate of drug-likeness (QED) is 0.405. The molecule has 0 radical (unpaired) electrons. The monoisotopic (exact) mass is 495 g/mol. The maximum Gasteiger partial charge on any atom is 0.0998 e. The summed E-state index contributed by atoms with van der Waals surface area (Å²) in [6, 6.07) is 13.5. The first-order valence-corrected chi connectivity index (χ1v) is 15.7. The second kappa shape index (κ2) is 9.43. The van der Waals surface area contributed by atoms with Crippen LogP contribution >= 0.6 is 0 Å². The molecule has 0 amide bonds. The molecule has 0 aliphatic heterocycles. The Kier molecular flexibility index (Phi) is 6.49. The smallest absolute Gasteiger partial charge is 0.0998 e. The van der Waals surface area contributed by atoms with Gasteiger partial charge in [-0.2, -0.15) is 5.26 Å². The van der Waals surface area contributed by atoms with Crippen LogP contribution in [0.25, 0.3) is 10.8 Å². The van der Waals surface area contributed by atoms with E-state index in [1.54, 1.807) is 5.56 Å². The molecular formula is C36H49N.